The standard InChI is InChI=1S/C38H33B2N3O4/c1-20-18-25-32-26(19-20)40(47-38(5,6)7)30-24-17-16-22-21-12-9-11-15-28(21)45-33(22)31(24)43-35(30)42(32)34-29(39(25)46-37(2,3)4)23-13-8-10-14-27(23)41(34)36(43)44/h8-19H,1-7H3. The molecule has 0 saturated carbocycles. The first-order chi connectivity index (χ1) is 22.4. The van der Waals surface area contributed by atoms with E-state index in [1.807, 2.05) is 45.2 Å². The molecule has 0 atom stereocenters. The smallest absolute Gasteiger partial charge is 0.368 e. The molecule has 10 rings (SSSR count). The van der Waals surface area contributed by atoms with E-state index in [1.54, 1.807) is 0 Å². The van der Waals surface area contributed by atoms with E-state index in [0.717, 1.165) is 82.6 Å². The molecule has 4 aromatic heterocycles. The van der Waals surface area contributed by atoms with Crippen molar-refractivity contribution in [3.8, 4) is 5.69 Å². The summed E-state index contributed by atoms with van der Waals surface area (Å²) in [6, 6.07) is 25.1. The van der Waals surface area contributed by atoms with Gasteiger partial charge in [-0.15, -0.1) is 0 Å². The molecule has 0 aliphatic carbocycles. The van der Waals surface area contributed by atoms with E-state index in [4.69, 9.17) is 13.7 Å². The Bertz CT molecular complexity index is 2770. The van der Waals surface area contributed by atoms with Crippen LogP contribution in [0.15, 0.2) is 82.0 Å². The lowest BCUT2D eigenvalue weighted by molar-refractivity contribution is 0.136. The first-order valence-electron chi connectivity index (χ1n) is 16.4. The van der Waals surface area contributed by atoms with E-state index in [9.17, 15) is 0 Å². The zero-order valence-corrected chi connectivity index (χ0v) is 27.6. The van der Waals surface area contributed by atoms with Gasteiger partial charge in [0.15, 0.2) is 5.58 Å². The number of nitrogens with zero attached hydrogens (tertiary/aromatic N) is 3. The van der Waals surface area contributed by atoms with Crippen molar-refractivity contribution in [2.75, 3.05) is 0 Å². The normalized spacial score (nSPS) is 14.4. The van der Waals surface area contributed by atoms with Gasteiger partial charge in [0.1, 0.15) is 22.4 Å². The van der Waals surface area contributed by atoms with Crippen LogP contribution < -0.4 is 27.5 Å². The molecule has 4 aromatic carbocycles. The lowest BCUT2D eigenvalue weighted by Gasteiger charge is -2.37. The molecule has 0 fully saturated rings. The molecule has 2 aliphatic heterocycles. The van der Waals surface area contributed by atoms with E-state index in [1.165, 1.54) is 0 Å². The number of hydrogen-bond donors (Lipinski definition) is 0. The van der Waals surface area contributed by atoms with Gasteiger partial charge in [-0.05, 0) is 83.0 Å². The Morgan fingerprint density at radius 3 is 1.94 bits per heavy atom. The number of benzene rings is 4. The maximum Gasteiger partial charge on any atom is 0.368 e. The van der Waals surface area contributed by atoms with Gasteiger partial charge in [0.2, 0.25) is 0 Å². The highest BCUT2D eigenvalue weighted by atomic mass is 16.5. The minimum atomic E-state index is -0.469. The second-order valence-electron chi connectivity index (χ2n) is 15.2. The van der Waals surface area contributed by atoms with Crippen LogP contribution in [-0.4, -0.2) is 38.4 Å². The fraction of sp³-hybridized carbons (Fsp3) is 0.237. The largest absolute Gasteiger partial charge is 0.454 e. The van der Waals surface area contributed by atoms with Crippen LogP contribution in [0.3, 0.4) is 0 Å². The van der Waals surface area contributed by atoms with Gasteiger partial charge in [-0.2, -0.15) is 0 Å². The topological polar surface area (TPSA) is 62.4 Å². The predicted octanol–water partition coefficient (Wildman–Crippen LogP) is 5.33. The lowest BCUT2D eigenvalue weighted by Crippen LogP contribution is -2.61. The highest BCUT2D eigenvalue weighted by Crippen LogP contribution is 2.38. The van der Waals surface area contributed by atoms with E-state index >= 15 is 4.79 Å². The first-order valence-corrected chi connectivity index (χ1v) is 16.4. The number of aromatic nitrogens is 3. The summed E-state index contributed by atoms with van der Waals surface area (Å²) in [5.41, 5.74) is 10.0. The molecule has 0 spiro atoms. The first kappa shape index (κ1) is 27.4. The van der Waals surface area contributed by atoms with Crippen molar-refractivity contribution in [1.82, 2.24) is 13.4 Å². The lowest BCUT2D eigenvalue weighted by atomic mass is 9.46. The summed E-state index contributed by atoms with van der Waals surface area (Å²) in [6.07, 6.45) is 0. The molecule has 0 bridgehead atoms. The Morgan fingerprint density at radius 1 is 0.681 bits per heavy atom. The monoisotopic (exact) mass is 617 g/mol. The van der Waals surface area contributed by atoms with Crippen molar-refractivity contribution >= 4 is 90.7 Å². The van der Waals surface area contributed by atoms with Crippen LogP contribution in [0.2, 0.25) is 0 Å². The third-order valence-electron chi connectivity index (χ3n) is 9.75. The maximum atomic E-state index is 15.3. The zero-order valence-electron chi connectivity index (χ0n) is 27.6. The van der Waals surface area contributed by atoms with Crippen molar-refractivity contribution in [3.63, 3.8) is 0 Å². The van der Waals surface area contributed by atoms with Crippen LogP contribution in [0.1, 0.15) is 47.1 Å². The van der Waals surface area contributed by atoms with Gasteiger partial charge in [0.25, 0.3) is 0 Å². The highest BCUT2D eigenvalue weighted by molar-refractivity contribution is 6.89. The van der Waals surface area contributed by atoms with Crippen LogP contribution in [0, 0.1) is 6.92 Å². The summed E-state index contributed by atoms with van der Waals surface area (Å²) in [7, 11) is 0. The molecule has 8 aromatic rings. The second-order valence-corrected chi connectivity index (χ2v) is 15.2. The zero-order chi connectivity index (χ0) is 32.3. The molecule has 2 aliphatic rings. The molecule has 0 N–H and O–H groups in total. The van der Waals surface area contributed by atoms with Gasteiger partial charge >= 0.3 is 19.5 Å². The van der Waals surface area contributed by atoms with Gasteiger partial charge < -0.3 is 13.7 Å². The second kappa shape index (κ2) is 8.59. The molecule has 7 nitrogen and oxygen atoms in total. The quantitative estimate of drug-likeness (QED) is 0.247. The molecule has 230 valence electrons. The van der Waals surface area contributed by atoms with Crippen LogP contribution in [-0.2, 0) is 9.31 Å². The van der Waals surface area contributed by atoms with Crippen molar-refractivity contribution in [1.29, 1.82) is 0 Å². The number of hydrogen-bond acceptors (Lipinski definition) is 4. The van der Waals surface area contributed by atoms with E-state index in [0.29, 0.717) is 5.58 Å². The van der Waals surface area contributed by atoms with E-state index in [2.05, 4.69) is 89.4 Å². The number of furan rings is 1. The van der Waals surface area contributed by atoms with Crippen molar-refractivity contribution in [2.24, 2.45) is 0 Å². The summed E-state index contributed by atoms with van der Waals surface area (Å²) in [5, 5.41) is 3.97. The summed E-state index contributed by atoms with van der Waals surface area (Å²) in [4.78, 5) is 15.3. The molecular formula is C38H33B2N3O4. The number of aryl methyl sites for hydroxylation is 1. The molecular weight excluding hydrogens is 584 g/mol. The number of rotatable bonds is 2. The van der Waals surface area contributed by atoms with Crippen LogP contribution in [0.4, 0.5) is 0 Å². The molecule has 47 heavy (non-hydrogen) atoms. The third-order valence-corrected chi connectivity index (χ3v) is 9.75. The van der Waals surface area contributed by atoms with Crippen LogP contribution in [0.5, 0.6) is 0 Å². The summed E-state index contributed by atoms with van der Waals surface area (Å²) >= 11 is 0. The third kappa shape index (κ3) is 3.43. The average molecular weight is 617 g/mol. The van der Waals surface area contributed by atoms with Crippen molar-refractivity contribution in [2.45, 2.75) is 59.7 Å². The fourth-order valence-corrected chi connectivity index (χ4v) is 8.32. The Labute approximate surface area is 271 Å². The van der Waals surface area contributed by atoms with Gasteiger partial charge in [-0.25, -0.2) is 13.6 Å². The van der Waals surface area contributed by atoms with Crippen LogP contribution in [0.25, 0.3) is 60.7 Å². The van der Waals surface area contributed by atoms with Gasteiger partial charge in [0, 0.05) is 44.0 Å². The highest BCUT2D eigenvalue weighted by Gasteiger charge is 2.47. The van der Waals surface area contributed by atoms with E-state index < -0.39 is 18.1 Å². The van der Waals surface area contributed by atoms with E-state index in [-0.39, 0.29) is 12.6 Å². The summed E-state index contributed by atoms with van der Waals surface area (Å²) in [6.45, 7) is 13.9. The van der Waals surface area contributed by atoms with Crippen molar-refractivity contribution < 1.29 is 13.7 Å². The van der Waals surface area contributed by atoms with Gasteiger partial charge in [-0.1, -0.05) is 60.2 Å². The molecule has 0 saturated heterocycles. The molecule has 0 radical (unpaired) electrons. The molecule has 0 unspecified atom stereocenters. The molecule has 6 heterocycles. The Balaban J connectivity index is 1.53. The number of para-hydroxylation sites is 2. The predicted molar refractivity (Wildman–Crippen MR) is 193 cm³/mol. The van der Waals surface area contributed by atoms with Gasteiger partial charge in [-0.3, -0.25) is 4.57 Å². The van der Waals surface area contributed by atoms with Crippen molar-refractivity contribution in [3.05, 3.63) is 88.8 Å². The Morgan fingerprint density at radius 2 is 1.26 bits per heavy atom. The maximum absolute atomic E-state index is 15.3. The summed E-state index contributed by atoms with van der Waals surface area (Å²) in [5.74, 6) is 0. The minimum Gasteiger partial charge on any atom is -0.454 e. The van der Waals surface area contributed by atoms with Gasteiger partial charge in [0.05, 0.1) is 5.52 Å². The minimum absolute atomic E-state index is 0.138. The Hall–Kier alpha value is -4.72. The average Bonchev–Trinajstić information content (AvgIpc) is 3.66. The Kier molecular flexibility index (Phi) is 5.01. The molecule has 0 amide bonds. The molecule has 9 heteroatoms. The van der Waals surface area contributed by atoms with Crippen LogP contribution >= 0.6 is 0 Å². The SMILES string of the molecule is Cc1cc2c3c(c1)B(OC(C)(C)C)c1c4ccc5c6ccccc6oc5c4n4c(=O)n5c6ccccc6c(c5n-3c14)B2OC(C)(C)C. The summed E-state index contributed by atoms with van der Waals surface area (Å²) < 4.78 is 26.8. The fourth-order valence-electron chi connectivity index (χ4n) is 8.32. The number of fused-ring (bicyclic) bond motifs is 10.